The maximum Gasteiger partial charge on any atom is 0.158 e. The third-order valence-corrected chi connectivity index (χ3v) is 5.67. The predicted molar refractivity (Wildman–Crippen MR) is 45.6 cm³/mol. The van der Waals surface area contributed by atoms with E-state index in [0.717, 1.165) is 12.8 Å². The molecule has 0 heterocycles. The number of hydrogen-bond acceptors (Lipinski definition) is 3. The van der Waals surface area contributed by atoms with Gasteiger partial charge in [-0.1, -0.05) is 0 Å². The Morgan fingerprint density at radius 1 is 1.33 bits per heavy atom. The van der Waals surface area contributed by atoms with Gasteiger partial charge in [0.15, 0.2) is 9.84 Å². The van der Waals surface area contributed by atoms with Crippen LogP contribution in [0.25, 0.3) is 0 Å². The molecule has 0 aliphatic heterocycles. The molecule has 0 saturated heterocycles. The lowest BCUT2D eigenvalue weighted by molar-refractivity contribution is 0.283. The Kier molecular flexibility index (Phi) is 1.74. The lowest BCUT2D eigenvalue weighted by Gasteiger charge is -2.11. The Labute approximate surface area is 72.7 Å². The molecule has 2 rings (SSSR count). The standard InChI is InChI=1S/C8H14O3S/c9-6-8(3-4-8)12(10,11)5-7-1-2-7/h7,9H,1-6H2. The monoisotopic (exact) mass is 190 g/mol. The SMILES string of the molecule is O=S(=O)(CC1CC1)C1(CO)CC1. The van der Waals surface area contributed by atoms with Crippen LogP contribution in [0.2, 0.25) is 0 Å². The summed E-state index contributed by atoms with van der Waals surface area (Å²) in [5.74, 6) is 0.715. The lowest BCUT2D eigenvalue weighted by Crippen LogP contribution is -2.30. The van der Waals surface area contributed by atoms with Gasteiger partial charge in [0.25, 0.3) is 0 Å². The van der Waals surface area contributed by atoms with Gasteiger partial charge in [0.1, 0.15) is 0 Å². The molecule has 0 unspecified atom stereocenters. The topological polar surface area (TPSA) is 54.4 Å². The first-order valence-corrected chi connectivity index (χ1v) is 6.08. The van der Waals surface area contributed by atoms with E-state index in [2.05, 4.69) is 0 Å². The summed E-state index contributed by atoms with van der Waals surface area (Å²) in [5, 5.41) is 8.95. The molecule has 1 N–H and O–H groups in total. The summed E-state index contributed by atoms with van der Waals surface area (Å²) in [4.78, 5) is 0. The average Bonchev–Trinajstić information content (AvgIpc) is 2.81. The molecule has 0 bridgehead atoms. The molecule has 0 radical (unpaired) electrons. The predicted octanol–water partition coefficient (Wildman–Crippen LogP) is 0.336. The fourth-order valence-electron chi connectivity index (χ4n) is 1.48. The zero-order chi connectivity index (χ0) is 8.82. The molecule has 0 spiro atoms. The van der Waals surface area contributed by atoms with Gasteiger partial charge in [-0.2, -0.15) is 0 Å². The lowest BCUT2D eigenvalue weighted by atomic mass is 10.5. The molecule has 2 aliphatic carbocycles. The minimum absolute atomic E-state index is 0.179. The van der Waals surface area contributed by atoms with Crippen LogP contribution >= 0.6 is 0 Å². The highest BCUT2D eigenvalue weighted by Gasteiger charge is 2.54. The molecule has 0 aromatic rings. The fourth-order valence-corrected chi connectivity index (χ4v) is 3.71. The summed E-state index contributed by atoms with van der Waals surface area (Å²) in [6, 6.07) is 0. The Morgan fingerprint density at radius 2 is 1.92 bits per heavy atom. The Balaban J connectivity index is 2.08. The van der Waals surface area contributed by atoms with E-state index in [9.17, 15) is 8.42 Å². The number of aliphatic hydroxyl groups is 1. The van der Waals surface area contributed by atoms with E-state index in [4.69, 9.17) is 5.11 Å². The van der Waals surface area contributed by atoms with Gasteiger partial charge in [-0.05, 0) is 31.6 Å². The molecule has 70 valence electrons. The van der Waals surface area contributed by atoms with Crippen LogP contribution in [-0.4, -0.2) is 30.6 Å². The zero-order valence-corrected chi connectivity index (χ0v) is 7.81. The van der Waals surface area contributed by atoms with Crippen LogP contribution in [0.15, 0.2) is 0 Å². The summed E-state index contributed by atoms with van der Waals surface area (Å²) in [5.41, 5.74) is 0. The molecule has 0 amide bonds. The average molecular weight is 190 g/mol. The zero-order valence-electron chi connectivity index (χ0n) is 6.99. The molecular formula is C8H14O3S. The van der Waals surface area contributed by atoms with E-state index in [1.807, 2.05) is 0 Å². The largest absolute Gasteiger partial charge is 0.395 e. The molecule has 4 heteroatoms. The van der Waals surface area contributed by atoms with E-state index < -0.39 is 14.6 Å². The van der Waals surface area contributed by atoms with E-state index in [0.29, 0.717) is 24.5 Å². The minimum Gasteiger partial charge on any atom is -0.395 e. The second kappa shape index (κ2) is 2.45. The van der Waals surface area contributed by atoms with Crippen molar-refractivity contribution in [3.8, 4) is 0 Å². The third-order valence-electron chi connectivity index (χ3n) is 2.91. The highest BCUT2D eigenvalue weighted by Crippen LogP contribution is 2.46. The van der Waals surface area contributed by atoms with Gasteiger partial charge < -0.3 is 5.11 Å². The van der Waals surface area contributed by atoms with Crippen LogP contribution in [0.4, 0.5) is 0 Å². The van der Waals surface area contributed by atoms with Gasteiger partial charge in [-0.25, -0.2) is 8.42 Å². The van der Waals surface area contributed by atoms with Crippen molar-refractivity contribution in [2.24, 2.45) is 5.92 Å². The van der Waals surface area contributed by atoms with Gasteiger partial charge in [0.2, 0.25) is 0 Å². The highest BCUT2D eigenvalue weighted by molar-refractivity contribution is 7.93. The molecule has 0 atom stereocenters. The molecule has 2 saturated carbocycles. The van der Waals surface area contributed by atoms with E-state index in [1.165, 1.54) is 0 Å². The first-order chi connectivity index (χ1) is 5.60. The first kappa shape index (κ1) is 8.51. The molecule has 2 fully saturated rings. The Morgan fingerprint density at radius 3 is 2.25 bits per heavy atom. The van der Waals surface area contributed by atoms with Crippen molar-refractivity contribution in [3.63, 3.8) is 0 Å². The van der Waals surface area contributed by atoms with Gasteiger partial charge >= 0.3 is 0 Å². The molecule has 2 aliphatic rings. The van der Waals surface area contributed by atoms with Crippen molar-refractivity contribution < 1.29 is 13.5 Å². The normalized spacial score (nSPS) is 27.1. The van der Waals surface area contributed by atoms with Crippen molar-refractivity contribution in [2.45, 2.75) is 30.4 Å². The van der Waals surface area contributed by atoms with Crippen LogP contribution in [0.3, 0.4) is 0 Å². The number of sulfone groups is 1. The quantitative estimate of drug-likeness (QED) is 0.695. The smallest absolute Gasteiger partial charge is 0.158 e. The number of hydrogen-bond donors (Lipinski definition) is 1. The molecule has 12 heavy (non-hydrogen) atoms. The summed E-state index contributed by atoms with van der Waals surface area (Å²) < 4.78 is 22.6. The van der Waals surface area contributed by atoms with E-state index >= 15 is 0 Å². The van der Waals surface area contributed by atoms with Gasteiger partial charge in [-0.3, -0.25) is 0 Å². The first-order valence-electron chi connectivity index (χ1n) is 4.43. The summed E-state index contributed by atoms with van der Waals surface area (Å²) in [6.07, 6.45) is 3.44. The fraction of sp³-hybridized carbons (Fsp3) is 1.00. The van der Waals surface area contributed by atoms with Crippen LogP contribution in [0.5, 0.6) is 0 Å². The maximum absolute atomic E-state index is 11.6. The van der Waals surface area contributed by atoms with Crippen LogP contribution in [0.1, 0.15) is 25.7 Å². The molecule has 3 nitrogen and oxygen atoms in total. The minimum atomic E-state index is -2.99. The van der Waals surface area contributed by atoms with Gasteiger partial charge in [0, 0.05) is 0 Å². The molecule has 0 aromatic heterocycles. The Bertz CT molecular complexity index is 273. The second-order valence-electron chi connectivity index (χ2n) is 4.07. The third kappa shape index (κ3) is 1.27. The number of rotatable bonds is 4. The van der Waals surface area contributed by atoms with Gasteiger partial charge in [-0.15, -0.1) is 0 Å². The van der Waals surface area contributed by atoms with Crippen LogP contribution < -0.4 is 0 Å². The molecule has 0 aromatic carbocycles. The highest BCUT2D eigenvalue weighted by atomic mass is 32.2. The van der Waals surface area contributed by atoms with Crippen molar-refractivity contribution in [2.75, 3.05) is 12.4 Å². The van der Waals surface area contributed by atoms with Crippen molar-refractivity contribution in [3.05, 3.63) is 0 Å². The number of aliphatic hydroxyl groups excluding tert-OH is 1. The maximum atomic E-state index is 11.6. The molecular weight excluding hydrogens is 176 g/mol. The van der Waals surface area contributed by atoms with Crippen molar-refractivity contribution >= 4 is 9.84 Å². The Hall–Kier alpha value is -0.0900. The van der Waals surface area contributed by atoms with Crippen molar-refractivity contribution in [1.82, 2.24) is 0 Å². The van der Waals surface area contributed by atoms with Crippen LogP contribution in [-0.2, 0) is 9.84 Å². The van der Waals surface area contributed by atoms with E-state index in [-0.39, 0.29) is 6.61 Å². The summed E-state index contributed by atoms with van der Waals surface area (Å²) in [6.45, 7) is -0.179. The van der Waals surface area contributed by atoms with Crippen LogP contribution in [0, 0.1) is 5.92 Å². The second-order valence-corrected chi connectivity index (χ2v) is 6.49. The van der Waals surface area contributed by atoms with Gasteiger partial charge in [0.05, 0.1) is 17.1 Å². The van der Waals surface area contributed by atoms with E-state index in [1.54, 1.807) is 0 Å². The summed E-state index contributed by atoms with van der Waals surface area (Å²) >= 11 is 0. The van der Waals surface area contributed by atoms with Crippen molar-refractivity contribution in [1.29, 1.82) is 0 Å². The summed E-state index contributed by atoms with van der Waals surface area (Å²) in [7, 11) is -2.99.